The highest BCUT2D eigenvalue weighted by atomic mass is 16.3. The van der Waals surface area contributed by atoms with Gasteiger partial charge in [0, 0.05) is 25.9 Å². The molecule has 1 amide bonds. The van der Waals surface area contributed by atoms with E-state index in [9.17, 15) is 9.59 Å². The molecule has 92 valence electrons. The minimum atomic E-state index is -0.358. The van der Waals surface area contributed by atoms with E-state index in [0.29, 0.717) is 13.1 Å². The van der Waals surface area contributed by atoms with E-state index in [1.807, 2.05) is 0 Å². The van der Waals surface area contributed by atoms with Crippen LogP contribution in [0.3, 0.4) is 0 Å². The van der Waals surface area contributed by atoms with Crippen molar-refractivity contribution in [2.24, 2.45) is 5.92 Å². The van der Waals surface area contributed by atoms with Gasteiger partial charge in [0.2, 0.25) is 0 Å². The Morgan fingerprint density at radius 1 is 1.59 bits per heavy atom. The van der Waals surface area contributed by atoms with Gasteiger partial charge >= 0.3 is 0 Å². The third kappa shape index (κ3) is 2.55. The van der Waals surface area contributed by atoms with E-state index < -0.39 is 0 Å². The standard InChI is InChI=1S/C12H16N2O3/c15-8-9-3-2-6-14(7-9)12(17)10-4-1-5-13-11(10)16/h1,4-5,9,15H,2-3,6-8H2,(H,13,16)/t9-/m1/s1. The fraction of sp³-hybridized carbons (Fsp3) is 0.500. The van der Waals surface area contributed by atoms with Crippen molar-refractivity contribution < 1.29 is 9.90 Å². The largest absolute Gasteiger partial charge is 0.396 e. The van der Waals surface area contributed by atoms with E-state index in [2.05, 4.69) is 4.98 Å². The van der Waals surface area contributed by atoms with Crippen LogP contribution in [0.1, 0.15) is 23.2 Å². The third-order valence-electron chi connectivity index (χ3n) is 3.11. The van der Waals surface area contributed by atoms with Crippen LogP contribution in [-0.2, 0) is 0 Å². The van der Waals surface area contributed by atoms with Crippen molar-refractivity contribution in [1.29, 1.82) is 0 Å². The molecule has 1 aliphatic heterocycles. The maximum absolute atomic E-state index is 12.1. The molecule has 2 rings (SSSR count). The summed E-state index contributed by atoms with van der Waals surface area (Å²) >= 11 is 0. The third-order valence-corrected chi connectivity index (χ3v) is 3.11. The minimum Gasteiger partial charge on any atom is -0.396 e. The van der Waals surface area contributed by atoms with Gasteiger partial charge in [-0.2, -0.15) is 0 Å². The van der Waals surface area contributed by atoms with E-state index in [1.54, 1.807) is 11.0 Å². The molecule has 0 unspecified atom stereocenters. The van der Waals surface area contributed by atoms with E-state index in [1.165, 1.54) is 12.3 Å². The fourth-order valence-corrected chi connectivity index (χ4v) is 2.16. The van der Waals surface area contributed by atoms with Gasteiger partial charge in [-0.3, -0.25) is 9.59 Å². The van der Waals surface area contributed by atoms with Gasteiger partial charge < -0.3 is 15.0 Å². The molecule has 0 radical (unpaired) electrons. The smallest absolute Gasteiger partial charge is 0.260 e. The summed E-state index contributed by atoms with van der Waals surface area (Å²) in [6.07, 6.45) is 3.32. The lowest BCUT2D eigenvalue weighted by molar-refractivity contribution is 0.0619. The molecule has 2 N–H and O–H groups in total. The van der Waals surface area contributed by atoms with E-state index >= 15 is 0 Å². The molecule has 0 spiro atoms. The minimum absolute atomic E-state index is 0.0922. The number of H-pyrrole nitrogens is 1. The van der Waals surface area contributed by atoms with Crippen LogP contribution in [0, 0.1) is 5.92 Å². The number of hydrogen-bond donors (Lipinski definition) is 2. The molecule has 2 heterocycles. The Kier molecular flexibility index (Phi) is 3.58. The van der Waals surface area contributed by atoms with Crippen molar-refractivity contribution in [2.45, 2.75) is 12.8 Å². The predicted octanol–water partition coefficient (Wildman–Crippen LogP) is 0.219. The molecule has 1 fully saturated rings. The normalized spacial score (nSPS) is 20.3. The summed E-state index contributed by atoms with van der Waals surface area (Å²) in [6, 6.07) is 3.17. The van der Waals surface area contributed by atoms with Crippen molar-refractivity contribution in [3.63, 3.8) is 0 Å². The Bertz CT molecular complexity index is 455. The summed E-state index contributed by atoms with van der Waals surface area (Å²) in [5, 5.41) is 9.11. The zero-order valence-corrected chi connectivity index (χ0v) is 9.56. The Morgan fingerprint density at radius 3 is 3.12 bits per heavy atom. The number of likely N-dealkylation sites (tertiary alicyclic amines) is 1. The summed E-state index contributed by atoms with van der Waals surface area (Å²) in [6.45, 7) is 1.28. The number of amides is 1. The number of aromatic amines is 1. The molecule has 0 saturated carbocycles. The first-order chi connectivity index (χ1) is 8.22. The zero-order chi connectivity index (χ0) is 12.3. The van der Waals surface area contributed by atoms with Gasteiger partial charge in [-0.15, -0.1) is 0 Å². The molecule has 5 nitrogen and oxygen atoms in total. The Morgan fingerprint density at radius 2 is 2.41 bits per heavy atom. The zero-order valence-electron chi connectivity index (χ0n) is 9.56. The Balaban J connectivity index is 2.15. The monoisotopic (exact) mass is 236 g/mol. The lowest BCUT2D eigenvalue weighted by Crippen LogP contribution is -2.42. The van der Waals surface area contributed by atoms with Gasteiger partial charge in [0.25, 0.3) is 11.5 Å². The summed E-state index contributed by atoms with van der Waals surface area (Å²) in [5.41, 5.74) is -0.185. The number of piperidine rings is 1. The number of nitrogens with one attached hydrogen (secondary N) is 1. The van der Waals surface area contributed by atoms with Crippen LogP contribution in [0.5, 0.6) is 0 Å². The first-order valence-corrected chi connectivity index (χ1v) is 5.80. The first-order valence-electron chi connectivity index (χ1n) is 5.80. The van der Waals surface area contributed by atoms with Crippen LogP contribution < -0.4 is 5.56 Å². The molecule has 1 aromatic heterocycles. The predicted molar refractivity (Wildman–Crippen MR) is 62.8 cm³/mol. The highest BCUT2D eigenvalue weighted by Gasteiger charge is 2.25. The van der Waals surface area contributed by atoms with Crippen LogP contribution in [0.25, 0.3) is 0 Å². The topological polar surface area (TPSA) is 73.4 Å². The van der Waals surface area contributed by atoms with Crippen molar-refractivity contribution in [1.82, 2.24) is 9.88 Å². The van der Waals surface area contributed by atoms with Crippen molar-refractivity contribution in [3.05, 3.63) is 34.2 Å². The molecule has 0 aliphatic carbocycles. The number of aliphatic hydroxyl groups is 1. The molecule has 17 heavy (non-hydrogen) atoms. The van der Waals surface area contributed by atoms with Gasteiger partial charge in [-0.05, 0) is 30.9 Å². The quantitative estimate of drug-likeness (QED) is 0.771. The van der Waals surface area contributed by atoms with Crippen molar-refractivity contribution in [3.8, 4) is 0 Å². The molecule has 5 heteroatoms. The second kappa shape index (κ2) is 5.14. The molecular weight excluding hydrogens is 220 g/mol. The highest BCUT2D eigenvalue weighted by Crippen LogP contribution is 2.17. The Labute approximate surface area is 99.1 Å². The molecule has 1 aromatic rings. The average Bonchev–Trinajstić information content (AvgIpc) is 2.38. The van der Waals surface area contributed by atoms with Crippen LogP contribution in [0.2, 0.25) is 0 Å². The van der Waals surface area contributed by atoms with Crippen LogP contribution in [0.4, 0.5) is 0 Å². The number of nitrogens with zero attached hydrogens (tertiary/aromatic N) is 1. The number of aliphatic hydroxyl groups excluding tert-OH is 1. The number of aromatic nitrogens is 1. The van der Waals surface area contributed by atoms with Crippen molar-refractivity contribution >= 4 is 5.91 Å². The molecule has 0 bridgehead atoms. The number of carbonyl (C=O) groups is 1. The first kappa shape index (κ1) is 11.9. The van der Waals surface area contributed by atoms with E-state index in [0.717, 1.165) is 12.8 Å². The fourth-order valence-electron chi connectivity index (χ4n) is 2.16. The highest BCUT2D eigenvalue weighted by molar-refractivity contribution is 5.93. The van der Waals surface area contributed by atoms with Crippen LogP contribution >= 0.6 is 0 Å². The van der Waals surface area contributed by atoms with Gasteiger partial charge in [-0.25, -0.2) is 0 Å². The van der Waals surface area contributed by atoms with Crippen LogP contribution in [0.15, 0.2) is 23.1 Å². The molecule has 1 saturated heterocycles. The van der Waals surface area contributed by atoms with Gasteiger partial charge in [0.05, 0.1) is 0 Å². The molecule has 1 atom stereocenters. The summed E-state index contributed by atoms with van der Waals surface area (Å²) in [4.78, 5) is 27.7. The second-order valence-electron chi connectivity index (χ2n) is 4.35. The molecule has 1 aliphatic rings. The molecular formula is C12H16N2O3. The van der Waals surface area contributed by atoms with E-state index in [-0.39, 0.29) is 29.6 Å². The SMILES string of the molecule is O=C(c1ccc[nH]c1=O)N1CCC[C@@H](CO)C1. The summed E-state index contributed by atoms with van der Waals surface area (Å²) in [5.74, 6) is -0.111. The van der Waals surface area contributed by atoms with Gasteiger partial charge in [0.15, 0.2) is 0 Å². The average molecular weight is 236 g/mol. The lowest BCUT2D eigenvalue weighted by Gasteiger charge is -2.31. The van der Waals surface area contributed by atoms with E-state index in [4.69, 9.17) is 5.11 Å². The number of rotatable bonds is 2. The summed E-state index contributed by atoms with van der Waals surface area (Å²) < 4.78 is 0. The van der Waals surface area contributed by atoms with Crippen molar-refractivity contribution in [2.75, 3.05) is 19.7 Å². The number of pyridine rings is 1. The summed E-state index contributed by atoms with van der Waals surface area (Å²) in [7, 11) is 0. The van der Waals surface area contributed by atoms with Crippen LogP contribution in [-0.4, -0.2) is 40.6 Å². The maximum atomic E-state index is 12.1. The number of carbonyl (C=O) groups excluding carboxylic acids is 1. The second-order valence-corrected chi connectivity index (χ2v) is 4.35. The maximum Gasteiger partial charge on any atom is 0.260 e. The molecule has 0 aromatic carbocycles. The van der Waals surface area contributed by atoms with Gasteiger partial charge in [-0.1, -0.05) is 0 Å². The lowest BCUT2D eigenvalue weighted by atomic mass is 9.98. The number of hydrogen-bond acceptors (Lipinski definition) is 3. The van der Waals surface area contributed by atoms with Gasteiger partial charge in [0.1, 0.15) is 5.56 Å². The Hall–Kier alpha value is -1.62.